The summed E-state index contributed by atoms with van der Waals surface area (Å²) >= 11 is 1.60. The van der Waals surface area contributed by atoms with Crippen molar-refractivity contribution < 1.29 is 13.2 Å². The van der Waals surface area contributed by atoms with Crippen molar-refractivity contribution in [1.82, 2.24) is 24.2 Å². The van der Waals surface area contributed by atoms with Gasteiger partial charge in [-0.25, -0.2) is 22.7 Å². The number of fused-ring (bicyclic) bond motifs is 1. The van der Waals surface area contributed by atoms with Gasteiger partial charge in [0, 0.05) is 38.9 Å². The van der Waals surface area contributed by atoms with Gasteiger partial charge in [0.1, 0.15) is 5.82 Å². The number of thiazole rings is 1. The van der Waals surface area contributed by atoms with E-state index in [1.165, 1.54) is 18.4 Å². The number of imidazole rings is 1. The molecule has 1 amide bonds. The maximum Gasteiger partial charge on any atom is 0.242 e. The van der Waals surface area contributed by atoms with Gasteiger partial charge < -0.3 is 9.88 Å². The van der Waals surface area contributed by atoms with Gasteiger partial charge in [0.25, 0.3) is 0 Å². The molecule has 8 nitrogen and oxygen atoms in total. The molecule has 1 N–H and O–H groups in total. The minimum absolute atomic E-state index is 0.0633. The van der Waals surface area contributed by atoms with Gasteiger partial charge in [-0.15, -0.1) is 11.3 Å². The van der Waals surface area contributed by atoms with Crippen LogP contribution in [0.25, 0.3) is 11.0 Å². The molecule has 2 heterocycles. The second kappa shape index (κ2) is 9.23. The number of hydrogen-bond acceptors (Lipinski definition) is 6. The summed E-state index contributed by atoms with van der Waals surface area (Å²) in [5, 5.41) is 5.93. The fourth-order valence-electron chi connectivity index (χ4n) is 3.17. The first-order valence-electron chi connectivity index (χ1n) is 9.87. The first-order valence-corrected chi connectivity index (χ1v) is 12.2. The highest BCUT2D eigenvalue weighted by molar-refractivity contribution is 7.89. The molecular weight excluding hydrogens is 422 g/mol. The Morgan fingerprint density at radius 2 is 2.00 bits per heavy atom. The smallest absolute Gasteiger partial charge is 0.242 e. The number of rotatable bonds is 9. The summed E-state index contributed by atoms with van der Waals surface area (Å²) in [6.07, 6.45) is 1.67. The Labute approximate surface area is 181 Å². The number of aryl methyl sites for hydroxylation is 3. The molecule has 0 aliphatic rings. The molecule has 0 bridgehead atoms. The standard InChI is InChI=1S/C20H27N5O3S2/c1-5-20-22-14(13-29-20)12-21-19(26)10-9-18-23-16-11-15(30(27,28)24(3)4)7-8-17(16)25(18)6-2/h7-8,11,13H,5-6,9-10,12H2,1-4H3,(H,21,26). The summed E-state index contributed by atoms with van der Waals surface area (Å²) in [7, 11) is -0.518. The molecule has 0 radical (unpaired) electrons. The molecule has 0 aliphatic heterocycles. The third-order valence-electron chi connectivity index (χ3n) is 4.84. The predicted molar refractivity (Wildman–Crippen MR) is 118 cm³/mol. The van der Waals surface area contributed by atoms with E-state index in [1.54, 1.807) is 29.5 Å². The van der Waals surface area contributed by atoms with Crippen LogP contribution >= 0.6 is 11.3 Å². The first kappa shape index (κ1) is 22.4. The van der Waals surface area contributed by atoms with Crippen LogP contribution in [0.4, 0.5) is 0 Å². The van der Waals surface area contributed by atoms with Crippen molar-refractivity contribution in [3.05, 3.63) is 40.1 Å². The SMILES string of the molecule is CCc1nc(CNC(=O)CCc2nc3cc(S(=O)(=O)N(C)C)ccc3n2CC)cs1. The molecule has 3 rings (SSSR count). The maximum atomic E-state index is 12.4. The molecule has 0 fully saturated rings. The van der Waals surface area contributed by atoms with E-state index in [-0.39, 0.29) is 10.8 Å². The maximum absolute atomic E-state index is 12.4. The van der Waals surface area contributed by atoms with Crippen molar-refractivity contribution in [2.24, 2.45) is 0 Å². The van der Waals surface area contributed by atoms with Crippen LogP contribution in [0.2, 0.25) is 0 Å². The van der Waals surface area contributed by atoms with Gasteiger partial charge in [0.15, 0.2) is 0 Å². The monoisotopic (exact) mass is 449 g/mol. The van der Waals surface area contributed by atoms with E-state index in [4.69, 9.17) is 0 Å². The molecular formula is C20H27N5O3S2. The molecule has 162 valence electrons. The fraction of sp³-hybridized carbons (Fsp3) is 0.450. The topological polar surface area (TPSA) is 97.2 Å². The minimum atomic E-state index is -3.52. The number of carbonyl (C=O) groups is 1. The lowest BCUT2D eigenvalue weighted by Gasteiger charge is -2.11. The van der Waals surface area contributed by atoms with Crippen LogP contribution in [0.15, 0.2) is 28.5 Å². The second-order valence-electron chi connectivity index (χ2n) is 7.07. The van der Waals surface area contributed by atoms with Gasteiger partial charge in [-0.2, -0.15) is 0 Å². The van der Waals surface area contributed by atoms with E-state index in [0.717, 1.165) is 28.5 Å². The lowest BCUT2D eigenvalue weighted by molar-refractivity contribution is -0.121. The van der Waals surface area contributed by atoms with Gasteiger partial charge in [-0.05, 0) is 31.5 Å². The largest absolute Gasteiger partial charge is 0.350 e. The first-order chi connectivity index (χ1) is 14.3. The van der Waals surface area contributed by atoms with Crippen LogP contribution in [-0.2, 0) is 40.7 Å². The zero-order valence-corrected chi connectivity index (χ0v) is 19.3. The Bertz CT molecular complexity index is 1150. The average molecular weight is 450 g/mol. The number of carbonyl (C=O) groups excluding carboxylic acids is 1. The zero-order chi connectivity index (χ0) is 21.9. The van der Waals surface area contributed by atoms with E-state index in [1.807, 2.05) is 16.9 Å². The Morgan fingerprint density at radius 1 is 1.23 bits per heavy atom. The third-order valence-corrected chi connectivity index (χ3v) is 7.69. The summed E-state index contributed by atoms with van der Waals surface area (Å²) in [6.45, 7) is 5.17. The second-order valence-corrected chi connectivity index (χ2v) is 10.2. The molecule has 0 aliphatic carbocycles. The molecule has 1 aromatic carbocycles. The Morgan fingerprint density at radius 3 is 2.63 bits per heavy atom. The molecule has 3 aromatic rings. The number of aromatic nitrogens is 3. The van der Waals surface area contributed by atoms with Crippen molar-refractivity contribution in [2.75, 3.05) is 14.1 Å². The van der Waals surface area contributed by atoms with Crippen LogP contribution in [-0.4, -0.2) is 47.3 Å². The number of amides is 1. The summed E-state index contributed by atoms with van der Waals surface area (Å²) in [5.74, 6) is 0.704. The molecule has 0 atom stereocenters. The lowest BCUT2D eigenvalue weighted by Crippen LogP contribution is -2.23. The van der Waals surface area contributed by atoms with Crippen LogP contribution in [0, 0.1) is 0 Å². The molecule has 0 saturated heterocycles. The van der Waals surface area contributed by atoms with Crippen LogP contribution in [0.5, 0.6) is 0 Å². The number of hydrogen-bond donors (Lipinski definition) is 1. The minimum Gasteiger partial charge on any atom is -0.350 e. The molecule has 0 saturated carbocycles. The van der Waals surface area contributed by atoms with E-state index >= 15 is 0 Å². The average Bonchev–Trinajstić information content (AvgIpc) is 3.33. The van der Waals surface area contributed by atoms with Gasteiger partial charge >= 0.3 is 0 Å². The summed E-state index contributed by atoms with van der Waals surface area (Å²) < 4.78 is 28.0. The third kappa shape index (κ3) is 4.71. The number of sulfonamides is 1. The van der Waals surface area contributed by atoms with Crippen LogP contribution in [0.3, 0.4) is 0 Å². The van der Waals surface area contributed by atoms with E-state index in [0.29, 0.717) is 31.4 Å². The Kier molecular flexibility index (Phi) is 6.89. The van der Waals surface area contributed by atoms with Crippen molar-refractivity contribution in [3.63, 3.8) is 0 Å². The summed E-state index contributed by atoms with van der Waals surface area (Å²) in [5.41, 5.74) is 2.35. The van der Waals surface area contributed by atoms with Crippen molar-refractivity contribution >= 4 is 38.3 Å². The van der Waals surface area contributed by atoms with Gasteiger partial charge in [0.05, 0.1) is 33.2 Å². The number of benzene rings is 1. The molecule has 0 unspecified atom stereocenters. The highest BCUT2D eigenvalue weighted by Crippen LogP contribution is 2.22. The van der Waals surface area contributed by atoms with E-state index in [2.05, 4.69) is 22.2 Å². The highest BCUT2D eigenvalue weighted by atomic mass is 32.2. The predicted octanol–water partition coefficient (Wildman–Crippen LogP) is 2.57. The van der Waals surface area contributed by atoms with Crippen LogP contribution < -0.4 is 5.32 Å². The van der Waals surface area contributed by atoms with Crippen molar-refractivity contribution in [3.8, 4) is 0 Å². The normalized spacial score (nSPS) is 12.0. The highest BCUT2D eigenvalue weighted by Gasteiger charge is 2.19. The van der Waals surface area contributed by atoms with Gasteiger partial charge in [-0.1, -0.05) is 6.92 Å². The number of nitrogens with zero attached hydrogens (tertiary/aromatic N) is 4. The lowest BCUT2D eigenvalue weighted by atomic mass is 10.2. The van der Waals surface area contributed by atoms with Crippen LogP contribution in [0.1, 0.15) is 36.8 Å². The zero-order valence-electron chi connectivity index (χ0n) is 17.7. The van der Waals surface area contributed by atoms with E-state index < -0.39 is 10.0 Å². The molecule has 2 aromatic heterocycles. The van der Waals surface area contributed by atoms with Crippen molar-refractivity contribution in [1.29, 1.82) is 0 Å². The molecule has 0 spiro atoms. The molecule has 30 heavy (non-hydrogen) atoms. The van der Waals surface area contributed by atoms with Gasteiger partial charge in [0.2, 0.25) is 15.9 Å². The van der Waals surface area contributed by atoms with Crippen molar-refractivity contribution in [2.45, 2.75) is 51.1 Å². The Balaban J connectivity index is 1.71. The Hall–Kier alpha value is -2.30. The quantitative estimate of drug-likeness (QED) is 0.542. The van der Waals surface area contributed by atoms with E-state index in [9.17, 15) is 13.2 Å². The summed E-state index contributed by atoms with van der Waals surface area (Å²) in [4.78, 5) is 21.6. The fourth-order valence-corrected chi connectivity index (χ4v) is 4.84. The summed E-state index contributed by atoms with van der Waals surface area (Å²) in [6, 6.07) is 4.97. The molecule has 10 heteroatoms. The van der Waals surface area contributed by atoms with Gasteiger partial charge in [-0.3, -0.25) is 4.79 Å². The number of nitrogens with one attached hydrogen (secondary N) is 1.